The largest absolute Gasteiger partial charge is 0.359 e. The molecule has 0 fully saturated rings. The first-order chi connectivity index (χ1) is 14.2. The monoisotopic (exact) mass is 404 g/mol. The standard InChI is InChI=1S/C26H29ClN2/c1-3-19-29(20-4-2)26(28-24-17-15-23(27)16-18-24)25(21-11-7-5-8-12-21)22-13-9-6-10-14-22/h5-18,25H,3-4,19-20H2,1-2H3. The molecule has 0 N–H and O–H groups in total. The van der Waals surface area contributed by atoms with Crippen LogP contribution in [-0.4, -0.2) is 23.8 Å². The highest BCUT2D eigenvalue weighted by Crippen LogP contribution is 2.30. The molecule has 3 rings (SSSR count). The molecule has 0 saturated carbocycles. The smallest absolute Gasteiger partial charge is 0.117 e. The molecule has 0 saturated heterocycles. The average Bonchev–Trinajstić information content (AvgIpc) is 2.76. The van der Waals surface area contributed by atoms with E-state index in [0.717, 1.165) is 42.5 Å². The van der Waals surface area contributed by atoms with E-state index >= 15 is 0 Å². The van der Waals surface area contributed by atoms with Gasteiger partial charge in [0.05, 0.1) is 11.6 Å². The van der Waals surface area contributed by atoms with Gasteiger partial charge in [0.2, 0.25) is 0 Å². The predicted octanol–water partition coefficient (Wildman–Crippen LogP) is 7.32. The normalized spacial score (nSPS) is 11.7. The Morgan fingerprint density at radius 2 is 1.24 bits per heavy atom. The summed E-state index contributed by atoms with van der Waals surface area (Å²) in [7, 11) is 0. The highest BCUT2D eigenvalue weighted by molar-refractivity contribution is 6.30. The summed E-state index contributed by atoms with van der Waals surface area (Å²) >= 11 is 6.11. The van der Waals surface area contributed by atoms with E-state index in [1.165, 1.54) is 11.1 Å². The highest BCUT2D eigenvalue weighted by atomic mass is 35.5. The van der Waals surface area contributed by atoms with Crippen LogP contribution in [-0.2, 0) is 0 Å². The lowest BCUT2D eigenvalue weighted by atomic mass is 9.89. The van der Waals surface area contributed by atoms with E-state index < -0.39 is 0 Å². The van der Waals surface area contributed by atoms with Crippen molar-refractivity contribution in [1.29, 1.82) is 0 Å². The fourth-order valence-electron chi connectivity index (χ4n) is 3.63. The molecule has 0 aliphatic carbocycles. The lowest BCUT2D eigenvalue weighted by Crippen LogP contribution is -2.37. The van der Waals surface area contributed by atoms with Crippen molar-refractivity contribution in [3.8, 4) is 0 Å². The Labute approximate surface area is 179 Å². The van der Waals surface area contributed by atoms with Crippen LogP contribution in [0.3, 0.4) is 0 Å². The third-order valence-electron chi connectivity index (χ3n) is 4.91. The maximum atomic E-state index is 6.11. The maximum absolute atomic E-state index is 6.11. The van der Waals surface area contributed by atoms with Gasteiger partial charge in [0, 0.05) is 18.1 Å². The van der Waals surface area contributed by atoms with Gasteiger partial charge < -0.3 is 4.90 Å². The zero-order valence-electron chi connectivity index (χ0n) is 17.3. The van der Waals surface area contributed by atoms with Crippen LogP contribution in [0.4, 0.5) is 5.69 Å². The summed E-state index contributed by atoms with van der Waals surface area (Å²) in [5.41, 5.74) is 3.44. The molecule has 29 heavy (non-hydrogen) atoms. The van der Waals surface area contributed by atoms with E-state index in [9.17, 15) is 0 Å². The second-order valence-corrected chi connectivity index (χ2v) is 7.62. The number of hydrogen-bond donors (Lipinski definition) is 0. The Hall–Kier alpha value is -2.58. The summed E-state index contributed by atoms with van der Waals surface area (Å²) in [5.74, 6) is 1.17. The molecular weight excluding hydrogens is 376 g/mol. The highest BCUT2D eigenvalue weighted by Gasteiger charge is 2.25. The number of hydrogen-bond acceptors (Lipinski definition) is 1. The van der Waals surface area contributed by atoms with Crippen molar-refractivity contribution in [3.63, 3.8) is 0 Å². The van der Waals surface area contributed by atoms with E-state index in [2.05, 4.69) is 79.4 Å². The molecule has 0 aliphatic rings. The molecule has 0 spiro atoms. The molecule has 0 unspecified atom stereocenters. The number of amidine groups is 1. The van der Waals surface area contributed by atoms with E-state index in [4.69, 9.17) is 16.6 Å². The van der Waals surface area contributed by atoms with Crippen molar-refractivity contribution >= 4 is 23.1 Å². The van der Waals surface area contributed by atoms with E-state index in [1.54, 1.807) is 0 Å². The summed E-state index contributed by atoms with van der Waals surface area (Å²) in [4.78, 5) is 7.62. The van der Waals surface area contributed by atoms with Crippen molar-refractivity contribution in [1.82, 2.24) is 4.90 Å². The molecule has 3 aromatic rings. The average molecular weight is 405 g/mol. The second kappa shape index (κ2) is 10.8. The van der Waals surface area contributed by atoms with Crippen LogP contribution in [0.1, 0.15) is 43.7 Å². The second-order valence-electron chi connectivity index (χ2n) is 7.19. The van der Waals surface area contributed by atoms with Gasteiger partial charge in [0.15, 0.2) is 0 Å². The molecular formula is C26H29ClN2. The molecule has 0 aromatic heterocycles. The molecule has 0 atom stereocenters. The van der Waals surface area contributed by atoms with Crippen LogP contribution in [0, 0.1) is 0 Å². The molecule has 0 bridgehead atoms. The van der Waals surface area contributed by atoms with E-state index in [-0.39, 0.29) is 5.92 Å². The number of rotatable bonds is 8. The van der Waals surface area contributed by atoms with Gasteiger partial charge in [-0.15, -0.1) is 0 Å². The Kier molecular flexibility index (Phi) is 7.89. The first kappa shape index (κ1) is 21.1. The van der Waals surface area contributed by atoms with E-state index in [1.807, 2.05) is 24.3 Å². The Bertz CT molecular complexity index is 844. The number of benzene rings is 3. The van der Waals surface area contributed by atoms with Gasteiger partial charge >= 0.3 is 0 Å². The van der Waals surface area contributed by atoms with Crippen LogP contribution < -0.4 is 0 Å². The lowest BCUT2D eigenvalue weighted by molar-refractivity contribution is 0.406. The molecule has 0 aliphatic heterocycles. The molecule has 0 heterocycles. The maximum Gasteiger partial charge on any atom is 0.117 e. The van der Waals surface area contributed by atoms with Gasteiger partial charge in [-0.1, -0.05) is 86.1 Å². The summed E-state index contributed by atoms with van der Waals surface area (Å²) in [6.45, 7) is 6.41. The van der Waals surface area contributed by atoms with Crippen molar-refractivity contribution in [2.45, 2.75) is 32.6 Å². The third-order valence-corrected chi connectivity index (χ3v) is 5.16. The van der Waals surface area contributed by atoms with Gasteiger partial charge in [0.25, 0.3) is 0 Å². The predicted molar refractivity (Wildman–Crippen MR) is 125 cm³/mol. The minimum atomic E-state index is 0.0752. The number of aliphatic imine (C=N–C) groups is 1. The molecule has 3 aromatic carbocycles. The van der Waals surface area contributed by atoms with Gasteiger partial charge in [-0.05, 0) is 48.2 Å². The van der Waals surface area contributed by atoms with Gasteiger partial charge in [0.1, 0.15) is 5.84 Å². The van der Waals surface area contributed by atoms with Crippen molar-refractivity contribution in [2.24, 2.45) is 4.99 Å². The van der Waals surface area contributed by atoms with E-state index in [0.29, 0.717) is 0 Å². The quantitative estimate of drug-likeness (QED) is 0.283. The fourth-order valence-corrected chi connectivity index (χ4v) is 3.75. The molecule has 3 heteroatoms. The topological polar surface area (TPSA) is 15.6 Å². The number of halogens is 1. The number of nitrogens with zero attached hydrogens (tertiary/aromatic N) is 2. The van der Waals surface area contributed by atoms with Crippen molar-refractivity contribution < 1.29 is 0 Å². The summed E-state index contributed by atoms with van der Waals surface area (Å²) < 4.78 is 0. The first-order valence-electron chi connectivity index (χ1n) is 10.4. The van der Waals surface area contributed by atoms with Gasteiger partial charge in [-0.3, -0.25) is 0 Å². The molecule has 2 nitrogen and oxygen atoms in total. The van der Waals surface area contributed by atoms with Crippen molar-refractivity contribution in [2.75, 3.05) is 13.1 Å². The fraction of sp³-hybridized carbons (Fsp3) is 0.269. The van der Waals surface area contributed by atoms with Crippen LogP contribution in [0.2, 0.25) is 5.02 Å². The van der Waals surface area contributed by atoms with Crippen LogP contribution >= 0.6 is 11.6 Å². The Morgan fingerprint density at radius 1 is 0.759 bits per heavy atom. The van der Waals surface area contributed by atoms with Crippen molar-refractivity contribution in [3.05, 3.63) is 101 Å². The van der Waals surface area contributed by atoms with Crippen LogP contribution in [0.5, 0.6) is 0 Å². The van der Waals surface area contributed by atoms with Crippen LogP contribution in [0.15, 0.2) is 89.9 Å². The summed E-state index contributed by atoms with van der Waals surface area (Å²) in [6, 6.07) is 29.1. The minimum Gasteiger partial charge on any atom is -0.359 e. The van der Waals surface area contributed by atoms with Crippen LogP contribution in [0.25, 0.3) is 0 Å². The third kappa shape index (κ3) is 5.71. The molecule has 150 valence electrons. The zero-order valence-corrected chi connectivity index (χ0v) is 18.0. The summed E-state index contributed by atoms with van der Waals surface area (Å²) in [6.07, 6.45) is 2.16. The lowest BCUT2D eigenvalue weighted by Gasteiger charge is -2.31. The zero-order chi connectivity index (χ0) is 20.5. The van der Waals surface area contributed by atoms with Gasteiger partial charge in [-0.2, -0.15) is 0 Å². The van der Waals surface area contributed by atoms with Gasteiger partial charge in [-0.25, -0.2) is 4.99 Å². The first-order valence-corrected chi connectivity index (χ1v) is 10.8. The molecule has 0 amide bonds. The Morgan fingerprint density at radius 3 is 1.69 bits per heavy atom. The Balaban J connectivity index is 2.17. The minimum absolute atomic E-state index is 0.0752. The summed E-state index contributed by atoms with van der Waals surface area (Å²) in [5, 5.41) is 0.729. The molecule has 0 radical (unpaired) electrons. The SMILES string of the molecule is CCCN(CCC)C(=Nc1ccc(Cl)cc1)C(c1ccccc1)c1ccccc1.